The Morgan fingerprint density at radius 3 is 2.92 bits per heavy atom. The molecule has 2 heterocycles. The number of hydrogen-bond acceptors (Lipinski definition) is 7. The van der Waals surface area contributed by atoms with Crippen molar-refractivity contribution in [3.8, 4) is 0 Å². The molecule has 1 fully saturated rings. The third kappa shape index (κ3) is 4.37. The number of aromatic nitrogens is 1. The van der Waals surface area contributed by atoms with E-state index in [1.54, 1.807) is 17.6 Å². The van der Waals surface area contributed by atoms with Gasteiger partial charge in [-0.1, -0.05) is 12.1 Å². The Balaban J connectivity index is 1.59. The molecule has 9 heteroatoms. The summed E-state index contributed by atoms with van der Waals surface area (Å²) in [6.07, 6.45) is 0. The van der Waals surface area contributed by atoms with Crippen LogP contribution in [0.4, 0.5) is 4.79 Å². The second-order valence-corrected chi connectivity index (χ2v) is 6.85. The molecule has 1 aliphatic heterocycles. The van der Waals surface area contributed by atoms with E-state index in [-0.39, 0.29) is 6.54 Å². The highest BCUT2D eigenvalue weighted by molar-refractivity contribution is 7.98. The molecule has 3 amide bonds. The molecule has 0 unspecified atom stereocenters. The topological polar surface area (TPSA) is 88.6 Å². The number of amides is 3. The minimum atomic E-state index is -0.589. The third-order valence-electron chi connectivity index (χ3n) is 3.45. The predicted octanol–water partition coefficient (Wildman–Crippen LogP) is 2.14. The first-order valence-corrected chi connectivity index (χ1v) is 9.42. The van der Waals surface area contributed by atoms with Crippen LogP contribution in [0.15, 0.2) is 40.1 Å². The molecule has 2 aromatic rings. The number of urea groups is 1. The van der Waals surface area contributed by atoms with Gasteiger partial charge < -0.3 is 10.1 Å². The maximum atomic E-state index is 12.3. The van der Waals surface area contributed by atoms with E-state index in [9.17, 15) is 14.4 Å². The molecule has 0 bridgehead atoms. The van der Waals surface area contributed by atoms with Crippen molar-refractivity contribution in [3.05, 3.63) is 46.4 Å². The van der Waals surface area contributed by atoms with Gasteiger partial charge in [0.1, 0.15) is 0 Å². The zero-order valence-corrected chi connectivity index (χ0v) is 14.8. The zero-order chi connectivity index (χ0) is 17.6. The minimum Gasteiger partial charge on any atom is -0.452 e. The van der Waals surface area contributed by atoms with Crippen LogP contribution in [0.2, 0.25) is 0 Å². The van der Waals surface area contributed by atoms with Gasteiger partial charge in [-0.15, -0.1) is 23.1 Å². The number of hydrogen-bond donors (Lipinski definition) is 1. The van der Waals surface area contributed by atoms with E-state index < -0.39 is 24.5 Å². The number of imide groups is 1. The van der Waals surface area contributed by atoms with Crippen LogP contribution in [-0.2, 0) is 15.3 Å². The van der Waals surface area contributed by atoms with E-state index in [0.29, 0.717) is 17.9 Å². The standard InChI is InChI=1S/C16H15N3O4S2/c20-14(19-6-5-17-16(19)22)7-23-15(21)12-3-1-2-4-13(12)25-9-11-8-24-10-18-11/h1-4,8,10H,5-7,9H2,(H,17,22). The Bertz CT molecular complexity index is 779. The average molecular weight is 377 g/mol. The molecular weight excluding hydrogens is 362 g/mol. The molecule has 1 aromatic carbocycles. The van der Waals surface area contributed by atoms with Crippen LogP contribution < -0.4 is 5.32 Å². The maximum Gasteiger partial charge on any atom is 0.339 e. The Hall–Kier alpha value is -2.39. The fourth-order valence-electron chi connectivity index (χ4n) is 2.21. The van der Waals surface area contributed by atoms with Crippen molar-refractivity contribution in [2.45, 2.75) is 10.6 Å². The van der Waals surface area contributed by atoms with E-state index in [4.69, 9.17) is 4.74 Å². The molecule has 1 saturated heterocycles. The summed E-state index contributed by atoms with van der Waals surface area (Å²) in [6.45, 7) is 0.237. The molecule has 25 heavy (non-hydrogen) atoms. The normalized spacial score (nSPS) is 13.6. The summed E-state index contributed by atoms with van der Waals surface area (Å²) in [6, 6.07) is 6.58. The minimum absolute atomic E-state index is 0.287. The van der Waals surface area contributed by atoms with Crippen molar-refractivity contribution in [1.29, 1.82) is 0 Å². The van der Waals surface area contributed by atoms with Gasteiger partial charge in [0.15, 0.2) is 6.61 Å². The summed E-state index contributed by atoms with van der Waals surface area (Å²) in [5.74, 6) is -0.481. The lowest BCUT2D eigenvalue weighted by atomic mass is 10.2. The molecule has 7 nitrogen and oxygen atoms in total. The Labute approximate surface area is 152 Å². The van der Waals surface area contributed by atoms with Crippen LogP contribution in [0, 0.1) is 0 Å². The molecule has 0 saturated carbocycles. The fraction of sp³-hybridized carbons (Fsp3) is 0.250. The fourth-order valence-corrected chi connectivity index (χ4v) is 3.82. The van der Waals surface area contributed by atoms with Crippen LogP contribution in [0.25, 0.3) is 0 Å². The maximum absolute atomic E-state index is 12.3. The number of thioether (sulfide) groups is 1. The first-order chi connectivity index (χ1) is 12.1. The number of esters is 1. The Morgan fingerprint density at radius 1 is 1.36 bits per heavy atom. The highest BCUT2D eigenvalue weighted by atomic mass is 32.2. The van der Waals surface area contributed by atoms with Crippen molar-refractivity contribution in [2.24, 2.45) is 0 Å². The summed E-state index contributed by atoms with van der Waals surface area (Å²) in [5, 5.41) is 4.48. The lowest BCUT2D eigenvalue weighted by molar-refractivity contribution is -0.130. The lowest BCUT2D eigenvalue weighted by Gasteiger charge is -2.13. The molecule has 0 aliphatic carbocycles. The van der Waals surface area contributed by atoms with Gasteiger partial charge in [-0.3, -0.25) is 9.69 Å². The van der Waals surface area contributed by atoms with Crippen LogP contribution in [0.1, 0.15) is 16.1 Å². The average Bonchev–Trinajstić information content (AvgIpc) is 3.29. The molecule has 0 spiro atoms. The van der Waals surface area contributed by atoms with Crippen molar-refractivity contribution in [1.82, 2.24) is 15.2 Å². The second-order valence-electron chi connectivity index (χ2n) is 5.12. The van der Waals surface area contributed by atoms with Crippen molar-refractivity contribution in [2.75, 3.05) is 19.7 Å². The number of nitrogens with zero attached hydrogens (tertiary/aromatic N) is 2. The first kappa shape index (κ1) is 17.4. The lowest BCUT2D eigenvalue weighted by Crippen LogP contribution is -2.37. The predicted molar refractivity (Wildman–Crippen MR) is 93.5 cm³/mol. The number of thiazole rings is 1. The van der Waals surface area contributed by atoms with Crippen LogP contribution in [0.3, 0.4) is 0 Å². The number of nitrogens with one attached hydrogen (secondary N) is 1. The molecule has 0 radical (unpaired) electrons. The monoisotopic (exact) mass is 377 g/mol. The molecule has 130 valence electrons. The molecular formula is C16H15N3O4S2. The Morgan fingerprint density at radius 2 is 2.20 bits per heavy atom. The molecule has 0 atom stereocenters. The number of carbonyl (C=O) groups excluding carboxylic acids is 3. The third-order valence-corrected chi connectivity index (χ3v) is 5.19. The Kier molecular flexibility index (Phi) is 5.67. The summed E-state index contributed by atoms with van der Waals surface area (Å²) in [5.41, 5.74) is 3.09. The van der Waals surface area contributed by atoms with Gasteiger partial charge in [-0.05, 0) is 12.1 Å². The summed E-state index contributed by atoms with van der Waals surface area (Å²) in [4.78, 5) is 41.7. The van der Waals surface area contributed by atoms with E-state index in [1.807, 2.05) is 17.5 Å². The van der Waals surface area contributed by atoms with E-state index in [1.165, 1.54) is 23.1 Å². The summed E-state index contributed by atoms with van der Waals surface area (Å²) >= 11 is 2.99. The number of benzene rings is 1. The summed E-state index contributed by atoms with van der Waals surface area (Å²) in [7, 11) is 0. The SMILES string of the molecule is O=C(OCC(=O)N1CCNC1=O)c1ccccc1SCc1cscn1. The summed E-state index contributed by atoms with van der Waals surface area (Å²) < 4.78 is 5.09. The van der Waals surface area contributed by atoms with Gasteiger partial charge in [-0.2, -0.15) is 0 Å². The smallest absolute Gasteiger partial charge is 0.339 e. The van der Waals surface area contributed by atoms with Crippen molar-refractivity contribution in [3.63, 3.8) is 0 Å². The largest absolute Gasteiger partial charge is 0.452 e. The van der Waals surface area contributed by atoms with E-state index in [2.05, 4.69) is 10.3 Å². The van der Waals surface area contributed by atoms with Crippen molar-refractivity contribution < 1.29 is 19.1 Å². The highest BCUT2D eigenvalue weighted by Gasteiger charge is 2.27. The molecule has 1 N–H and O–H groups in total. The first-order valence-electron chi connectivity index (χ1n) is 7.49. The van der Waals surface area contributed by atoms with Crippen LogP contribution in [-0.4, -0.2) is 47.5 Å². The van der Waals surface area contributed by atoms with Gasteiger partial charge in [-0.25, -0.2) is 14.6 Å². The number of ether oxygens (including phenoxy) is 1. The quantitative estimate of drug-likeness (QED) is 0.613. The van der Waals surface area contributed by atoms with Crippen LogP contribution >= 0.6 is 23.1 Å². The van der Waals surface area contributed by atoms with Crippen LogP contribution in [0.5, 0.6) is 0 Å². The van der Waals surface area contributed by atoms with Gasteiger partial charge >= 0.3 is 12.0 Å². The molecule has 1 aliphatic rings. The van der Waals surface area contributed by atoms with E-state index in [0.717, 1.165) is 15.5 Å². The number of carbonyl (C=O) groups is 3. The van der Waals surface area contributed by atoms with E-state index >= 15 is 0 Å². The second kappa shape index (κ2) is 8.13. The molecule has 3 rings (SSSR count). The number of rotatable bonds is 6. The van der Waals surface area contributed by atoms with Gasteiger partial charge in [0, 0.05) is 29.1 Å². The molecule has 1 aromatic heterocycles. The van der Waals surface area contributed by atoms with Gasteiger partial charge in [0.05, 0.1) is 16.8 Å². The highest BCUT2D eigenvalue weighted by Crippen LogP contribution is 2.26. The van der Waals surface area contributed by atoms with Crippen molar-refractivity contribution >= 4 is 41.0 Å². The van der Waals surface area contributed by atoms with Gasteiger partial charge in [0.2, 0.25) is 0 Å². The zero-order valence-electron chi connectivity index (χ0n) is 13.1. The van der Waals surface area contributed by atoms with Gasteiger partial charge in [0.25, 0.3) is 5.91 Å².